The Hall–Kier alpha value is -0.700. The lowest BCUT2D eigenvalue weighted by Crippen LogP contribution is -2.15. The van der Waals surface area contributed by atoms with Crippen LogP contribution in [0.2, 0.25) is 0 Å². The van der Waals surface area contributed by atoms with Crippen LogP contribution < -0.4 is 0 Å². The smallest absolute Gasteiger partial charge is 0.169 e. The summed E-state index contributed by atoms with van der Waals surface area (Å²) < 4.78 is 36.3. The molecule has 0 saturated carbocycles. The van der Waals surface area contributed by atoms with Crippen LogP contribution in [0.15, 0.2) is 24.3 Å². The fourth-order valence-corrected chi connectivity index (χ4v) is 1.07. The SMILES string of the molecule is Cc1ccc(C(Cl)C(F)(F)F)cc1. The van der Waals surface area contributed by atoms with Crippen LogP contribution in [0.25, 0.3) is 0 Å². The van der Waals surface area contributed by atoms with E-state index in [0.717, 1.165) is 5.56 Å². The van der Waals surface area contributed by atoms with E-state index >= 15 is 0 Å². The van der Waals surface area contributed by atoms with Crippen molar-refractivity contribution in [3.05, 3.63) is 35.4 Å². The predicted molar refractivity (Wildman–Crippen MR) is 45.8 cm³/mol. The molecule has 13 heavy (non-hydrogen) atoms. The van der Waals surface area contributed by atoms with Gasteiger partial charge in [0, 0.05) is 0 Å². The number of halogens is 4. The van der Waals surface area contributed by atoms with Gasteiger partial charge in [0.25, 0.3) is 0 Å². The Labute approximate surface area is 79.3 Å². The first-order valence-corrected chi connectivity index (χ1v) is 4.12. The van der Waals surface area contributed by atoms with Crippen molar-refractivity contribution >= 4 is 11.6 Å². The first-order chi connectivity index (χ1) is 5.91. The van der Waals surface area contributed by atoms with E-state index in [-0.39, 0.29) is 5.56 Å². The molecule has 1 atom stereocenters. The molecule has 1 aromatic carbocycles. The number of hydrogen-bond donors (Lipinski definition) is 0. The molecule has 1 rings (SSSR count). The minimum absolute atomic E-state index is 0.0831. The highest BCUT2D eigenvalue weighted by molar-refractivity contribution is 6.21. The number of aryl methyl sites for hydroxylation is 1. The highest BCUT2D eigenvalue weighted by Gasteiger charge is 2.39. The summed E-state index contributed by atoms with van der Waals surface area (Å²) >= 11 is 5.21. The van der Waals surface area contributed by atoms with Gasteiger partial charge >= 0.3 is 6.18 Å². The van der Waals surface area contributed by atoms with E-state index < -0.39 is 11.6 Å². The Bertz CT molecular complexity index is 276. The van der Waals surface area contributed by atoms with Crippen LogP contribution in [-0.2, 0) is 0 Å². The van der Waals surface area contributed by atoms with Crippen molar-refractivity contribution in [1.82, 2.24) is 0 Å². The second kappa shape index (κ2) is 3.58. The van der Waals surface area contributed by atoms with Crippen molar-refractivity contribution in [2.45, 2.75) is 18.5 Å². The Morgan fingerprint density at radius 2 is 1.62 bits per heavy atom. The molecule has 0 aliphatic heterocycles. The van der Waals surface area contributed by atoms with Crippen molar-refractivity contribution < 1.29 is 13.2 Å². The van der Waals surface area contributed by atoms with E-state index in [0.29, 0.717) is 0 Å². The zero-order valence-corrected chi connectivity index (χ0v) is 7.65. The Morgan fingerprint density at radius 3 is 2.00 bits per heavy atom. The summed E-state index contributed by atoms with van der Waals surface area (Å²) in [5, 5.41) is -1.91. The lowest BCUT2D eigenvalue weighted by Gasteiger charge is -2.13. The Morgan fingerprint density at radius 1 is 1.15 bits per heavy atom. The van der Waals surface area contributed by atoms with Gasteiger partial charge in [0.1, 0.15) is 0 Å². The van der Waals surface area contributed by atoms with Crippen LogP contribution in [0.4, 0.5) is 13.2 Å². The van der Waals surface area contributed by atoms with Crippen molar-refractivity contribution in [2.24, 2.45) is 0 Å². The summed E-state index contributed by atoms with van der Waals surface area (Å²) in [6.45, 7) is 1.81. The predicted octanol–water partition coefficient (Wildman–Crippen LogP) is 3.84. The average molecular weight is 209 g/mol. The molecule has 0 saturated heterocycles. The molecule has 0 radical (unpaired) electrons. The van der Waals surface area contributed by atoms with Crippen LogP contribution >= 0.6 is 11.6 Å². The van der Waals surface area contributed by atoms with E-state index in [1.165, 1.54) is 12.1 Å². The van der Waals surface area contributed by atoms with Crippen molar-refractivity contribution in [1.29, 1.82) is 0 Å². The van der Waals surface area contributed by atoms with Gasteiger partial charge in [0.2, 0.25) is 0 Å². The molecule has 0 N–H and O–H groups in total. The molecular weight excluding hydrogens is 201 g/mol. The third-order valence-corrected chi connectivity index (χ3v) is 2.16. The van der Waals surface area contributed by atoms with Crippen LogP contribution in [0.3, 0.4) is 0 Å². The van der Waals surface area contributed by atoms with Gasteiger partial charge in [0.05, 0.1) is 0 Å². The van der Waals surface area contributed by atoms with Crippen LogP contribution in [0.1, 0.15) is 16.5 Å². The Balaban J connectivity index is 2.90. The van der Waals surface area contributed by atoms with Gasteiger partial charge in [-0.15, -0.1) is 11.6 Å². The fourth-order valence-electron chi connectivity index (χ4n) is 0.924. The standard InChI is InChI=1S/C9H8ClF3/c1-6-2-4-7(5-3-6)8(10)9(11,12)13/h2-5,8H,1H3. The monoisotopic (exact) mass is 208 g/mol. The molecule has 0 aromatic heterocycles. The van der Waals surface area contributed by atoms with Gasteiger partial charge in [-0.05, 0) is 12.5 Å². The maximum Gasteiger partial charge on any atom is 0.408 e. The molecule has 0 bridgehead atoms. The molecule has 0 aliphatic rings. The summed E-state index contributed by atoms with van der Waals surface area (Å²) in [7, 11) is 0. The minimum atomic E-state index is -4.38. The molecule has 0 heterocycles. The van der Waals surface area contributed by atoms with E-state index in [4.69, 9.17) is 11.6 Å². The third-order valence-electron chi connectivity index (χ3n) is 1.66. The molecule has 0 amide bonds. The van der Waals surface area contributed by atoms with E-state index in [1.54, 1.807) is 19.1 Å². The number of benzene rings is 1. The molecule has 1 aromatic rings. The summed E-state index contributed by atoms with van der Waals surface area (Å²) in [6.07, 6.45) is -4.38. The fraction of sp³-hybridized carbons (Fsp3) is 0.333. The van der Waals surface area contributed by atoms with Crippen molar-refractivity contribution in [2.75, 3.05) is 0 Å². The summed E-state index contributed by atoms with van der Waals surface area (Å²) in [5.74, 6) is 0. The molecule has 0 aliphatic carbocycles. The lowest BCUT2D eigenvalue weighted by atomic mass is 10.1. The quantitative estimate of drug-likeness (QED) is 0.616. The van der Waals surface area contributed by atoms with E-state index in [1.807, 2.05) is 0 Å². The number of alkyl halides is 4. The molecule has 0 nitrogen and oxygen atoms in total. The average Bonchev–Trinajstić information content (AvgIpc) is 2.03. The van der Waals surface area contributed by atoms with Gasteiger partial charge in [0.15, 0.2) is 5.38 Å². The normalized spacial score (nSPS) is 14.2. The van der Waals surface area contributed by atoms with Crippen molar-refractivity contribution in [3.63, 3.8) is 0 Å². The van der Waals surface area contributed by atoms with Gasteiger partial charge < -0.3 is 0 Å². The van der Waals surface area contributed by atoms with Crippen LogP contribution in [-0.4, -0.2) is 6.18 Å². The summed E-state index contributed by atoms with van der Waals surface area (Å²) in [5.41, 5.74) is 0.995. The highest BCUT2D eigenvalue weighted by atomic mass is 35.5. The molecular formula is C9H8ClF3. The number of hydrogen-bond acceptors (Lipinski definition) is 0. The van der Waals surface area contributed by atoms with Gasteiger partial charge in [-0.1, -0.05) is 29.8 Å². The van der Waals surface area contributed by atoms with Crippen LogP contribution in [0.5, 0.6) is 0 Å². The first-order valence-electron chi connectivity index (χ1n) is 3.68. The lowest BCUT2D eigenvalue weighted by molar-refractivity contribution is -0.131. The van der Waals surface area contributed by atoms with Crippen molar-refractivity contribution in [3.8, 4) is 0 Å². The zero-order valence-electron chi connectivity index (χ0n) is 6.90. The second-order valence-corrected chi connectivity index (χ2v) is 3.25. The first kappa shape index (κ1) is 10.4. The van der Waals surface area contributed by atoms with Crippen LogP contribution in [0, 0.1) is 6.92 Å². The summed E-state index contributed by atoms with van der Waals surface area (Å²) in [4.78, 5) is 0. The molecule has 72 valence electrons. The van der Waals surface area contributed by atoms with E-state index in [2.05, 4.69) is 0 Å². The number of rotatable bonds is 1. The van der Waals surface area contributed by atoms with E-state index in [9.17, 15) is 13.2 Å². The maximum atomic E-state index is 12.1. The van der Waals surface area contributed by atoms with Gasteiger partial charge in [-0.25, -0.2) is 0 Å². The zero-order chi connectivity index (χ0) is 10.1. The van der Waals surface area contributed by atoms with Gasteiger partial charge in [-0.2, -0.15) is 13.2 Å². The maximum absolute atomic E-state index is 12.1. The molecule has 0 spiro atoms. The molecule has 4 heteroatoms. The molecule has 0 fully saturated rings. The third kappa shape index (κ3) is 2.62. The topological polar surface area (TPSA) is 0 Å². The minimum Gasteiger partial charge on any atom is -0.169 e. The van der Waals surface area contributed by atoms with Gasteiger partial charge in [-0.3, -0.25) is 0 Å². The second-order valence-electron chi connectivity index (χ2n) is 2.81. The Kier molecular flexibility index (Phi) is 2.86. The summed E-state index contributed by atoms with van der Waals surface area (Å²) in [6, 6.07) is 5.99. The highest BCUT2D eigenvalue weighted by Crippen LogP contribution is 2.37. The largest absolute Gasteiger partial charge is 0.408 e. The molecule has 1 unspecified atom stereocenters.